The van der Waals surface area contributed by atoms with Crippen molar-refractivity contribution >= 4 is 0 Å². The highest BCUT2D eigenvalue weighted by molar-refractivity contribution is 5.26. The molecule has 0 radical (unpaired) electrons. The van der Waals surface area contributed by atoms with Crippen LogP contribution < -0.4 is 0 Å². The van der Waals surface area contributed by atoms with Gasteiger partial charge in [0.05, 0.1) is 12.2 Å². The Hall–Kier alpha value is -0.860. The Morgan fingerprint density at radius 3 is 2.19 bits per heavy atom. The summed E-state index contributed by atoms with van der Waals surface area (Å²) in [4.78, 5) is 0. The molecule has 0 aromatic heterocycles. The zero-order chi connectivity index (χ0) is 12.3. The van der Waals surface area contributed by atoms with Gasteiger partial charge in [-0.15, -0.1) is 0 Å². The van der Waals surface area contributed by atoms with Crippen LogP contribution in [0.15, 0.2) is 24.3 Å². The summed E-state index contributed by atoms with van der Waals surface area (Å²) in [5.41, 5.74) is 1.96. The van der Waals surface area contributed by atoms with Crippen LogP contribution in [0.25, 0.3) is 0 Å². The van der Waals surface area contributed by atoms with Crippen molar-refractivity contribution in [1.82, 2.24) is 0 Å². The molecule has 16 heavy (non-hydrogen) atoms. The number of aryl methyl sites for hydroxylation is 1. The highest BCUT2D eigenvalue weighted by Gasteiger charge is 2.29. The van der Waals surface area contributed by atoms with Crippen LogP contribution in [0.4, 0.5) is 0 Å². The second kappa shape index (κ2) is 4.98. The maximum Gasteiger partial charge on any atom is 0.0850 e. The first-order valence-corrected chi connectivity index (χ1v) is 5.73. The van der Waals surface area contributed by atoms with Crippen LogP contribution in [0, 0.1) is 12.3 Å². The maximum absolute atomic E-state index is 9.98. The number of rotatable bonds is 3. The van der Waals surface area contributed by atoms with Gasteiger partial charge in [0, 0.05) is 6.42 Å². The molecule has 0 spiro atoms. The lowest BCUT2D eigenvalue weighted by atomic mass is 9.83. The Bertz CT molecular complexity index is 339. The predicted molar refractivity (Wildman–Crippen MR) is 66.4 cm³/mol. The average molecular weight is 222 g/mol. The number of aliphatic hydroxyl groups is 2. The molecule has 0 heterocycles. The second-order valence-electron chi connectivity index (χ2n) is 5.51. The zero-order valence-electron chi connectivity index (χ0n) is 10.6. The molecule has 0 saturated heterocycles. The van der Waals surface area contributed by atoms with E-state index in [1.54, 1.807) is 0 Å². The summed E-state index contributed by atoms with van der Waals surface area (Å²) in [5, 5.41) is 19.9. The molecule has 1 rings (SSSR count). The van der Waals surface area contributed by atoms with Crippen molar-refractivity contribution in [3.8, 4) is 0 Å². The first-order chi connectivity index (χ1) is 7.32. The Kier molecular flexibility index (Phi) is 4.11. The van der Waals surface area contributed by atoms with Crippen molar-refractivity contribution < 1.29 is 10.2 Å². The van der Waals surface area contributed by atoms with Crippen molar-refractivity contribution in [2.75, 3.05) is 0 Å². The minimum absolute atomic E-state index is 0.290. The van der Waals surface area contributed by atoms with E-state index in [0.717, 1.165) is 11.1 Å². The fourth-order valence-corrected chi connectivity index (χ4v) is 1.75. The molecule has 1 aromatic rings. The lowest BCUT2D eigenvalue weighted by molar-refractivity contribution is -0.0434. The molecule has 2 unspecified atom stereocenters. The van der Waals surface area contributed by atoms with Gasteiger partial charge in [0.1, 0.15) is 0 Å². The number of benzene rings is 1. The van der Waals surface area contributed by atoms with Gasteiger partial charge in [-0.2, -0.15) is 0 Å². The van der Waals surface area contributed by atoms with Gasteiger partial charge in [0.15, 0.2) is 0 Å². The fraction of sp³-hybridized carbons (Fsp3) is 0.571. The predicted octanol–water partition coefficient (Wildman–Crippen LogP) is 2.31. The normalized spacial score (nSPS) is 15.9. The molecule has 0 bridgehead atoms. The summed E-state index contributed by atoms with van der Waals surface area (Å²) >= 11 is 0. The largest absolute Gasteiger partial charge is 0.390 e. The van der Waals surface area contributed by atoms with Crippen LogP contribution in [0.1, 0.15) is 31.9 Å². The number of aliphatic hydroxyl groups excluding tert-OH is 2. The lowest BCUT2D eigenvalue weighted by Gasteiger charge is -2.30. The third kappa shape index (κ3) is 3.32. The molecule has 0 fully saturated rings. The van der Waals surface area contributed by atoms with E-state index in [9.17, 15) is 10.2 Å². The summed E-state index contributed by atoms with van der Waals surface area (Å²) in [7, 11) is 0. The van der Waals surface area contributed by atoms with Gasteiger partial charge in [-0.25, -0.2) is 0 Å². The van der Waals surface area contributed by atoms with Gasteiger partial charge in [-0.1, -0.05) is 45.0 Å². The monoisotopic (exact) mass is 222 g/mol. The van der Waals surface area contributed by atoms with Crippen LogP contribution in [0.2, 0.25) is 0 Å². The molecule has 0 aliphatic heterocycles. The average Bonchev–Trinajstić information content (AvgIpc) is 2.19. The Balaban J connectivity index is 2.72. The van der Waals surface area contributed by atoms with E-state index in [2.05, 4.69) is 0 Å². The summed E-state index contributed by atoms with van der Waals surface area (Å²) < 4.78 is 0. The molecule has 0 saturated carbocycles. The minimum Gasteiger partial charge on any atom is -0.390 e. The molecule has 1 aromatic carbocycles. The minimum atomic E-state index is -0.707. The summed E-state index contributed by atoms with van der Waals surface area (Å²) in [6.07, 6.45) is -0.904. The van der Waals surface area contributed by atoms with Gasteiger partial charge in [-0.05, 0) is 23.5 Å². The highest BCUT2D eigenvalue weighted by Crippen LogP contribution is 2.24. The second-order valence-corrected chi connectivity index (χ2v) is 5.51. The fourth-order valence-electron chi connectivity index (χ4n) is 1.75. The Morgan fingerprint density at radius 2 is 1.69 bits per heavy atom. The first kappa shape index (κ1) is 13.2. The van der Waals surface area contributed by atoms with Gasteiger partial charge < -0.3 is 10.2 Å². The van der Waals surface area contributed by atoms with Gasteiger partial charge in [0.25, 0.3) is 0 Å². The van der Waals surface area contributed by atoms with Crippen LogP contribution in [-0.4, -0.2) is 22.4 Å². The quantitative estimate of drug-likeness (QED) is 0.824. The third-order valence-electron chi connectivity index (χ3n) is 2.94. The number of hydrogen-bond donors (Lipinski definition) is 2. The first-order valence-electron chi connectivity index (χ1n) is 5.73. The molecule has 2 N–H and O–H groups in total. The van der Waals surface area contributed by atoms with E-state index in [-0.39, 0.29) is 5.41 Å². The maximum atomic E-state index is 9.98. The van der Waals surface area contributed by atoms with Gasteiger partial charge in [0.2, 0.25) is 0 Å². The SMILES string of the molecule is Cc1ccccc1CC(O)C(O)C(C)(C)C. The summed E-state index contributed by atoms with van der Waals surface area (Å²) in [6, 6.07) is 7.95. The van der Waals surface area contributed by atoms with Gasteiger partial charge >= 0.3 is 0 Å². The Morgan fingerprint density at radius 1 is 1.12 bits per heavy atom. The third-order valence-corrected chi connectivity index (χ3v) is 2.94. The van der Waals surface area contributed by atoms with E-state index >= 15 is 0 Å². The summed E-state index contributed by atoms with van der Waals surface area (Å²) in [5.74, 6) is 0. The van der Waals surface area contributed by atoms with Crippen molar-refractivity contribution in [3.05, 3.63) is 35.4 Å². The Labute approximate surface area is 97.9 Å². The van der Waals surface area contributed by atoms with E-state index in [0.29, 0.717) is 6.42 Å². The zero-order valence-corrected chi connectivity index (χ0v) is 10.6. The van der Waals surface area contributed by atoms with Crippen LogP contribution in [-0.2, 0) is 6.42 Å². The van der Waals surface area contributed by atoms with E-state index in [1.165, 1.54) is 0 Å². The van der Waals surface area contributed by atoms with E-state index in [4.69, 9.17) is 0 Å². The van der Waals surface area contributed by atoms with Crippen LogP contribution in [0.3, 0.4) is 0 Å². The summed E-state index contributed by atoms with van der Waals surface area (Å²) in [6.45, 7) is 7.81. The van der Waals surface area contributed by atoms with Crippen molar-refractivity contribution in [2.24, 2.45) is 5.41 Å². The molecular formula is C14H22O2. The molecule has 0 aliphatic carbocycles. The van der Waals surface area contributed by atoms with Crippen LogP contribution in [0.5, 0.6) is 0 Å². The highest BCUT2D eigenvalue weighted by atomic mass is 16.3. The van der Waals surface area contributed by atoms with Gasteiger partial charge in [-0.3, -0.25) is 0 Å². The molecule has 2 nitrogen and oxygen atoms in total. The topological polar surface area (TPSA) is 40.5 Å². The molecule has 2 heteroatoms. The lowest BCUT2D eigenvalue weighted by Crippen LogP contribution is -2.39. The van der Waals surface area contributed by atoms with Crippen molar-refractivity contribution in [3.63, 3.8) is 0 Å². The van der Waals surface area contributed by atoms with E-state index in [1.807, 2.05) is 52.0 Å². The molecule has 90 valence electrons. The smallest absolute Gasteiger partial charge is 0.0850 e. The molecule has 0 aliphatic rings. The van der Waals surface area contributed by atoms with Crippen LogP contribution >= 0.6 is 0 Å². The van der Waals surface area contributed by atoms with Crippen molar-refractivity contribution in [2.45, 2.75) is 46.3 Å². The molecule has 0 amide bonds. The van der Waals surface area contributed by atoms with Crippen molar-refractivity contribution in [1.29, 1.82) is 0 Å². The molecular weight excluding hydrogens is 200 g/mol. The van der Waals surface area contributed by atoms with E-state index < -0.39 is 12.2 Å². The number of hydrogen-bond acceptors (Lipinski definition) is 2. The molecule has 2 atom stereocenters. The standard InChI is InChI=1S/C14H22O2/c1-10-7-5-6-8-11(10)9-12(15)13(16)14(2,3)4/h5-8,12-13,15-16H,9H2,1-4H3.